The third-order valence-electron chi connectivity index (χ3n) is 11.6. The van der Waals surface area contributed by atoms with Crippen LogP contribution in [0.4, 0.5) is 0 Å². The Balaban J connectivity index is 0.000000331. The quantitative estimate of drug-likeness (QED) is 0.147. The number of hydrogen-bond acceptors (Lipinski definition) is 10. The van der Waals surface area contributed by atoms with E-state index in [1.54, 1.807) is 26.6 Å². The molecule has 6 aliphatic rings. The van der Waals surface area contributed by atoms with Crippen molar-refractivity contribution in [3.63, 3.8) is 0 Å². The lowest BCUT2D eigenvalue weighted by molar-refractivity contribution is -0.0445. The lowest BCUT2D eigenvalue weighted by Gasteiger charge is -2.50. The van der Waals surface area contributed by atoms with E-state index in [1.807, 2.05) is 48.5 Å². The summed E-state index contributed by atoms with van der Waals surface area (Å²) in [6.07, 6.45) is 11.2. The van der Waals surface area contributed by atoms with Crippen molar-refractivity contribution >= 4 is 32.2 Å². The van der Waals surface area contributed by atoms with E-state index in [-0.39, 0.29) is 34.0 Å². The van der Waals surface area contributed by atoms with Gasteiger partial charge in [-0.05, 0) is 122 Å². The number of hydrogen-bond donors (Lipinski definition) is 4. The summed E-state index contributed by atoms with van der Waals surface area (Å²) in [6, 6.07) is 15.9. The first-order chi connectivity index (χ1) is 25.4. The van der Waals surface area contributed by atoms with Crippen molar-refractivity contribution in [1.29, 1.82) is 0 Å². The Hall–Kier alpha value is -4.11. The Labute approximate surface area is 333 Å². The number of aliphatic hydroxyl groups excluding tert-OH is 2. The SMILES string of the molecule is C=C[C@H]1CN2CC[C@H]1C[C@H]2[C@H](O)c1ccnc2ccc(OC)cc12.C=C[C@H]1CN2CC[C@H]1C[C@H]2[C@H](O)c1ccnc2ccc(OC)cc12.O.O.O.O.O=S(=O)(O)O. The summed E-state index contributed by atoms with van der Waals surface area (Å²) in [6.45, 7) is 12.1. The van der Waals surface area contributed by atoms with Crippen LogP contribution in [0.3, 0.4) is 0 Å². The van der Waals surface area contributed by atoms with Crippen molar-refractivity contribution in [2.75, 3.05) is 40.4 Å². The molecule has 316 valence electrons. The highest BCUT2D eigenvalue weighted by molar-refractivity contribution is 7.79. The van der Waals surface area contributed by atoms with E-state index in [0.717, 1.165) is 83.5 Å². The largest absolute Gasteiger partial charge is 0.497 e. The van der Waals surface area contributed by atoms with E-state index < -0.39 is 22.6 Å². The van der Waals surface area contributed by atoms with Gasteiger partial charge in [0.2, 0.25) is 0 Å². The highest BCUT2D eigenvalue weighted by Crippen LogP contribution is 2.43. The van der Waals surface area contributed by atoms with Gasteiger partial charge in [0.25, 0.3) is 0 Å². The fraction of sp³-hybridized carbons (Fsp3) is 0.450. The van der Waals surface area contributed by atoms with Crippen LogP contribution in [0.25, 0.3) is 21.8 Å². The second kappa shape index (κ2) is 21.1. The minimum atomic E-state index is -4.67. The number of aliphatic hydroxyl groups is 2. The minimum absolute atomic E-state index is 0. The highest BCUT2D eigenvalue weighted by atomic mass is 32.3. The maximum atomic E-state index is 11.2. The van der Waals surface area contributed by atoms with Gasteiger partial charge in [-0.2, -0.15) is 8.42 Å². The van der Waals surface area contributed by atoms with Crippen LogP contribution in [-0.4, -0.2) is 122 Å². The average Bonchev–Trinajstić information content (AvgIpc) is 3.19. The molecule has 0 saturated carbocycles. The molecule has 10 rings (SSSR count). The Morgan fingerprint density at radius 1 is 0.702 bits per heavy atom. The molecule has 6 saturated heterocycles. The zero-order valence-electron chi connectivity index (χ0n) is 32.2. The van der Waals surface area contributed by atoms with E-state index in [0.29, 0.717) is 23.7 Å². The summed E-state index contributed by atoms with van der Waals surface area (Å²) in [5.41, 5.74) is 3.69. The molecule has 6 aliphatic heterocycles. The molecule has 0 amide bonds. The molecule has 16 nitrogen and oxygen atoms in total. The second-order valence-corrected chi connectivity index (χ2v) is 15.3. The zero-order chi connectivity index (χ0) is 37.9. The lowest BCUT2D eigenvalue weighted by Crippen LogP contribution is -2.54. The molecule has 2 unspecified atom stereocenters. The third kappa shape index (κ3) is 11.1. The Kier molecular flexibility index (Phi) is 18.1. The van der Waals surface area contributed by atoms with Gasteiger partial charge < -0.3 is 41.6 Å². The Morgan fingerprint density at radius 3 is 1.37 bits per heavy atom. The van der Waals surface area contributed by atoms with Crippen LogP contribution >= 0.6 is 0 Å². The molecule has 10 atom stereocenters. The summed E-state index contributed by atoms with van der Waals surface area (Å²) >= 11 is 0. The van der Waals surface area contributed by atoms with Crippen molar-refractivity contribution in [3.05, 3.63) is 97.4 Å². The van der Waals surface area contributed by atoms with Crippen molar-refractivity contribution < 1.29 is 59.1 Å². The Morgan fingerprint density at radius 2 is 1.07 bits per heavy atom. The van der Waals surface area contributed by atoms with Gasteiger partial charge in [-0.1, -0.05) is 12.2 Å². The third-order valence-corrected chi connectivity index (χ3v) is 11.6. The normalized spacial score (nSPS) is 26.5. The number of fused-ring (bicyclic) bond motifs is 8. The standard InChI is InChI=1S/2C20H24N2O2.H2O4S.4H2O/c2*1-3-13-12-22-9-7-14(13)10-19(22)20(23)16-6-8-21-18-5-4-15(24-2)11-17(16)18;1-5(2,3)4;;;;/h2*3-6,8,11,13-14,19-20,23H,1,7,9-10,12H2,2H3;(H2,1,2,3,4);4*1H2/t2*13-,14-,19-,20+;;;;;/m00...../s1. The van der Waals surface area contributed by atoms with Crippen LogP contribution in [0.2, 0.25) is 0 Å². The smallest absolute Gasteiger partial charge is 0.394 e. The topological polar surface area (TPSA) is 292 Å². The van der Waals surface area contributed by atoms with E-state index in [1.165, 1.54) is 12.8 Å². The first kappa shape index (κ1) is 49.0. The number of methoxy groups -OCH3 is 2. The molecule has 57 heavy (non-hydrogen) atoms. The number of aromatic nitrogens is 2. The fourth-order valence-corrected chi connectivity index (χ4v) is 8.89. The summed E-state index contributed by atoms with van der Waals surface area (Å²) in [5, 5.41) is 24.3. The van der Waals surface area contributed by atoms with Gasteiger partial charge in [0.1, 0.15) is 11.5 Å². The van der Waals surface area contributed by atoms with Crippen LogP contribution in [0.1, 0.15) is 49.0 Å². The van der Waals surface area contributed by atoms with Gasteiger partial charge in [0, 0.05) is 48.3 Å². The molecule has 17 heteroatoms. The predicted molar refractivity (Wildman–Crippen MR) is 219 cm³/mol. The van der Waals surface area contributed by atoms with E-state index in [4.69, 9.17) is 27.0 Å². The predicted octanol–water partition coefficient (Wildman–Crippen LogP) is 2.39. The number of benzene rings is 2. The molecule has 0 radical (unpaired) electrons. The molecular formula is C40H58N4O12S. The van der Waals surface area contributed by atoms with Crippen molar-refractivity contribution in [3.8, 4) is 11.5 Å². The molecule has 0 spiro atoms. The van der Waals surface area contributed by atoms with Crippen molar-refractivity contribution in [1.82, 2.24) is 19.8 Å². The number of pyridine rings is 2. The van der Waals surface area contributed by atoms with Crippen molar-refractivity contribution in [2.45, 2.75) is 50.0 Å². The molecule has 4 bridgehead atoms. The van der Waals surface area contributed by atoms with E-state index >= 15 is 0 Å². The van der Waals surface area contributed by atoms with Crippen LogP contribution in [0.15, 0.2) is 86.2 Å². The fourth-order valence-electron chi connectivity index (χ4n) is 8.89. The molecule has 2 aromatic carbocycles. The maximum absolute atomic E-state index is 11.2. The van der Waals surface area contributed by atoms with Gasteiger partial charge in [-0.3, -0.25) is 28.9 Å². The molecule has 0 aliphatic carbocycles. The number of rotatable bonds is 8. The van der Waals surface area contributed by atoms with Crippen LogP contribution in [-0.2, 0) is 10.4 Å². The van der Waals surface area contributed by atoms with Gasteiger partial charge in [0.15, 0.2) is 0 Å². The molecule has 2 aromatic heterocycles. The molecule has 8 heterocycles. The summed E-state index contributed by atoms with van der Waals surface area (Å²) in [4.78, 5) is 13.7. The molecule has 4 aromatic rings. The molecule has 12 N–H and O–H groups in total. The molecule has 6 fully saturated rings. The lowest BCUT2D eigenvalue weighted by atomic mass is 9.73. The van der Waals surface area contributed by atoms with Crippen LogP contribution < -0.4 is 9.47 Å². The molecular weight excluding hydrogens is 761 g/mol. The van der Waals surface area contributed by atoms with Gasteiger partial charge in [-0.15, -0.1) is 13.2 Å². The summed E-state index contributed by atoms with van der Waals surface area (Å²) < 4.78 is 42.3. The van der Waals surface area contributed by atoms with Crippen LogP contribution in [0.5, 0.6) is 11.5 Å². The number of nitrogens with zero attached hydrogens (tertiary/aromatic N) is 4. The van der Waals surface area contributed by atoms with E-state index in [2.05, 4.69) is 45.1 Å². The van der Waals surface area contributed by atoms with E-state index in [9.17, 15) is 10.2 Å². The summed E-state index contributed by atoms with van der Waals surface area (Å²) in [5.74, 6) is 4.01. The van der Waals surface area contributed by atoms with Gasteiger partial charge >= 0.3 is 10.4 Å². The number of ether oxygens (including phenoxy) is 2. The summed E-state index contributed by atoms with van der Waals surface area (Å²) in [7, 11) is -1.34. The number of piperidine rings is 6. The zero-order valence-corrected chi connectivity index (χ0v) is 33.1. The minimum Gasteiger partial charge on any atom is -0.497 e. The first-order valence-electron chi connectivity index (χ1n) is 18.1. The monoisotopic (exact) mass is 818 g/mol. The van der Waals surface area contributed by atoms with Crippen LogP contribution in [0, 0.1) is 23.7 Å². The average molecular weight is 819 g/mol. The van der Waals surface area contributed by atoms with Crippen molar-refractivity contribution in [2.24, 2.45) is 23.7 Å². The highest BCUT2D eigenvalue weighted by Gasteiger charge is 2.43. The second-order valence-electron chi connectivity index (χ2n) is 14.4. The Bertz CT molecular complexity index is 1900. The van der Waals surface area contributed by atoms with Gasteiger partial charge in [0.05, 0.1) is 37.5 Å². The first-order valence-corrected chi connectivity index (χ1v) is 19.5. The maximum Gasteiger partial charge on any atom is 0.394 e. The van der Waals surface area contributed by atoms with Gasteiger partial charge in [-0.25, -0.2) is 0 Å².